The minimum absolute atomic E-state index is 0.0304. The fraction of sp³-hybridized carbons (Fsp3) is 0.0476. The van der Waals surface area contributed by atoms with E-state index >= 15 is 0 Å². The number of hydrogen-bond donors (Lipinski definition) is 2. The molecule has 0 unspecified atom stereocenters. The Morgan fingerprint density at radius 1 is 1.09 bits per heavy atom. The molecule has 3 heterocycles. The molecule has 0 amide bonds. The van der Waals surface area contributed by atoms with Crippen LogP contribution in [0.5, 0.6) is 0 Å². The number of hydrogen-bond acceptors (Lipinski definition) is 7. The molecule has 0 aliphatic rings. The van der Waals surface area contributed by atoms with Crippen molar-refractivity contribution in [2.24, 2.45) is 0 Å². The largest absolute Gasteiger partial charge is 0.350 e. The van der Waals surface area contributed by atoms with Gasteiger partial charge in [0.05, 0.1) is 45.1 Å². The summed E-state index contributed by atoms with van der Waals surface area (Å²) in [7, 11) is -3.59. The van der Waals surface area contributed by atoms with Gasteiger partial charge in [-0.25, -0.2) is 22.8 Å². The van der Waals surface area contributed by atoms with Gasteiger partial charge in [0, 0.05) is 18.0 Å². The van der Waals surface area contributed by atoms with Crippen LogP contribution in [0, 0.1) is 17.1 Å². The highest BCUT2D eigenvalue weighted by Crippen LogP contribution is 2.33. The Kier molecular flexibility index (Phi) is 6.03. The van der Waals surface area contributed by atoms with Crippen LogP contribution in [0.25, 0.3) is 22.3 Å². The number of pyridine rings is 3. The molecule has 4 rings (SSSR count). The van der Waals surface area contributed by atoms with E-state index in [4.69, 9.17) is 23.2 Å². The van der Waals surface area contributed by atoms with Crippen LogP contribution >= 0.6 is 23.2 Å². The summed E-state index contributed by atoms with van der Waals surface area (Å²) in [6, 6.07) is 11.3. The number of halogens is 3. The van der Waals surface area contributed by atoms with Crippen LogP contribution in [0.1, 0.15) is 5.56 Å². The molecule has 166 valence electrons. The third-order valence-electron chi connectivity index (χ3n) is 4.47. The van der Waals surface area contributed by atoms with Gasteiger partial charge in [0.25, 0.3) is 0 Å². The molecule has 3 aromatic heterocycles. The molecule has 0 radical (unpaired) electrons. The van der Waals surface area contributed by atoms with E-state index in [0.717, 1.165) is 6.26 Å². The Morgan fingerprint density at radius 3 is 2.61 bits per heavy atom. The maximum atomic E-state index is 14.5. The van der Waals surface area contributed by atoms with Gasteiger partial charge >= 0.3 is 0 Å². The molecule has 0 spiro atoms. The van der Waals surface area contributed by atoms with Crippen molar-refractivity contribution in [3.8, 4) is 17.3 Å². The maximum absolute atomic E-state index is 14.5. The number of benzene rings is 1. The molecule has 0 saturated carbocycles. The van der Waals surface area contributed by atoms with E-state index < -0.39 is 15.8 Å². The fourth-order valence-electron chi connectivity index (χ4n) is 3.03. The first kappa shape index (κ1) is 22.7. The summed E-state index contributed by atoms with van der Waals surface area (Å²) in [6.07, 6.45) is 3.77. The van der Waals surface area contributed by atoms with E-state index in [1.807, 2.05) is 6.07 Å². The van der Waals surface area contributed by atoms with E-state index in [0.29, 0.717) is 22.3 Å². The number of aromatic nitrogens is 3. The van der Waals surface area contributed by atoms with E-state index in [1.165, 1.54) is 30.6 Å². The summed E-state index contributed by atoms with van der Waals surface area (Å²) in [4.78, 5) is 12.8. The average Bonchev–Trinajstić information content (AvgIpc) is 2.77. The van der Waals surface area contributed by atoms with Gasteiger partial charge in [0.1, 0.15) is 11.6 Å². The second kappa shape index (κ2) is 8.78. The average molecular weight is 503 g/mol. The molecular weight excluding hydrogens is 490 g/mol. The lowest BCUT2D eigenvalue weighted by atomic mass is 10.1. The quantitative estimate of drug-likeness (QED) is 0.363. The zero-order valence-corrected chi connectivity index (χ0v) is 19.1. The molecule has 1 aromatic carbocycles. The number of sulfonamides is 1. The molecule has 33 heavy (non-hydrogen) atoms. The minimum Gasteiger partial charge on any atom is -0.350 e. The van der Waals surface area contributed by atoms with E-state index in [2.05, 4.69) is 25.0 Å². The van der Waals surface area contributed by atoms with Crippen molar-refractivity contribution in [3.63, 3.8) is 0 Å². The zero-order chi connectivity index (χ0) is 23.8. The van der Waals surface area contributed by atoms with Crippen molar-refractivity contribution in [2.45, 2.75) is 0 Å². The zero-order valence-electron chi connectivity index (χ0n) is 16.8. The second-order valence-electron chi connectivity index (χ2n) is 6.89. The third-order valence-corrected chi connectivity index (χ3v) is 5.66. The molecule has 12 heteroatoms. The fourth-order valence-corrected chi connectivity index (χ4v) is 3.97. The van der Waals surface area contributed by atoms with E-state index in [9.17, 15) is 18.1 Å². The van der Waals surface area contributed by atoms with Crippen molar-refractivity contribution in [1.29, 1.82) is 5.26 Å². The van der Waals surface area contributed by atoms with Crippen LogP contribution in [0.2, 0.25) is 10.2 Å². The predicted molar refractivity (Wildman–Crippen MR) is 126 cm³/mol. The molecule has 0 atom stereocenters. The standard InChI is InChI=1S/C21H13Cl2FN6O2S/c1-33(31,32)30-17-7-11(9-27-21(17)23)14-5-6-16-20(28-14)19(12(8-25)10-26-16)29-15-4-2-3-13(22)18(15)24/h2-7,9-10,30H,1H3,(H,26,29). The lowest BCUT2D eigenvalue weighted by Crippen LogP contribution is -2.10. The van der Waals surface area contributed by atoms with E-state index in [-0.39, 0.29) is 32.8 Å². The molecule has 2 N–H and O–H groups in total. The van der Waals surface area contributed by atoms with Gasteiger partial charge in [-0.2, -0.15) is 5.26 Å². The van der Waals surface area contributed by atoms with Crippen LogP contribution < -0.4 is 10.0 Å². The summed E-state index contributed by atoms with van der Waals surface area (Å²) in [5, 5.41) is 12.4. The number of nitriles is 1. The van der Waals surface area contributed by atoms with Crippen molar-refractivity contribution in [2.75, 3.05) is 16.3 Å². The minimum atomic E-state index is -3.59. The highest BCUT2D eigenvalue weighted by atomic mass is 35.5. The van der Waals surface area contributed by atoms with Crippen LogP contribution in [0.3, 0.4) is 0 Å². The first-order chi connectivity index (χ1) is 15.7. The molecular formula is C21H13Cl2FN6O2S. The van der Waals surface area contributed by atoms with Crippen LogP contribution in [-0.2, 0) is 10.0 Å². The Morgan fingerprint density at radius 2 is 1.88 bits per heavy atom. The van der Waals surface area contributed by atoms with Crippen molar-refractivity contribution >= 4 is 61.3 Å². The van der Waals surface area contributed by atoms with E-state index in [1.54, 1.807) is 18.2 Å². The number of rotatable bonds is 5. The monoisotopic (exact) mass is 502 g/mol. The Bertz CT molecular complexity index is 1560. The second-order valence-corrected chi connectivity index (χ2v) is 9.40. The predicted octanol–water partition coefficient (Wildman–Crippen LogP) is 5.12. The van der Waals surface area contributed by atoms with Crippen molar-refractivity contribution in [1.82, 2.24) is 15.0 Å². The molecule has 0 aliphatic carbocycles. The summed E-state index contributed by atoms with van der Waals surface area (Å²) in [5.74, 6) is -0.678. The van der Waals surface area contributed by atoms with Gasteiger partial charge in [-0.05, 0) is 30.3 Å². The summed E-state index contributed by atoms with van der Waals surface area (Å²) in [5.41, 5.74) is 2.11. The van der Waals surface area contributed by atoms with Crippen LogP contribution in [0.4, 0.5) is 21.5 Å². The van der Waals surface area contributed by atoms with Crippen molar-refractivity contribution in [3.05, 3.63) is 70.3 Å². The molecule has 8 nitrogen and oxygen atoms in total. The number of anilines is 3. The molecule has 4 aromatic rings. The highest BCUT2D eigenvalue weighted by molar-refractivity contribution is 7.92. The summed E-state index contributed by atoms with van der Waals surface area (Å²) >= 11 is 11.9. The number of nitrogens with one attached hydrogen (secondary N) is 2. The first-order valence-corrected chi connectivity index (χ1v) is 11.9. The molecule has 0 saturated heterocycles. The molecule has 0 fully saturated rings. The van der Waals surface area contributed by atoms with Crippen LogP contribution in [0.15, 0.2) is 48.8 Å². The highest BCUT2D eigenvalue weighted by Gasteiger charge is 2.16. The lowest BCUT2D eigenvalue weighted by Gasteiger charge is -2.13. The normalized spacial score (nSPS) is 11.2. The van der Waals surface area contributed by atoms with Gasteiger partial charge in [0.15, 0.2) is 11.0 Å². The SMILES string of the molecule is CS(=O)(=O)Nc1cc(-c2ccc3ncc(C#N)c(Nc4cccc(Cl)c4F)c3n2)cnc1Cl. The Labute approximate surface area is 198 Å². The Balaban J connectivity index is 1.87. The third kappa shape index (κ3) is 4.80. The van der Waals surface area contributed by atoms with Gasteiger partial charge in [-0.15, -0.1) is 0 Å². The van der Waals surface area contributed by atoms with Crippen LogP contribution in [-0.4, -0.2) is 29.6 Å². The summed E-state index contributed by atoms with van der Waals surface area (Å²) in [6.45, 7) is 0. The number of nitrogens with zero attached hydrogens (tertiary/aromatic N) is 4. The number of fused-ring (bicyclic) bond motifs is 1. The van der Waals surface area contributed by atoms with Gasteiger partial charge < -0.3 is 5.32 Å². The first-order valence-electron chi connectivity index (χ1n) is 9.21. The van der Waals surface area contributed by atoms with Gasteiger partial charge in [-0.1, -0.05) is 29.3 Å². The van der Waals surface area contributed by atoms with Gasteiger partial charge in [-0.3, -0.25) is 9.71 Å². The lowest BCUT2D eigenvalue weighted by molar-refractivity contribution is 0.607. The summed E-state index contributed by atoms with van der Waals surface area (Å²) < 4.78 is 40.0. The molecule has 0 aliphatic heterocycles. The molecule has 0 bridgehead atoms. The van der Waals surface area contributed by atoms with Crippen molar-refractivity contribution < 1.29 is 12.8 Å². The topological polar surface area (TPSA) is 121 Å². The van der Waals surface area contributed by atoms with Gasteiger partial charge in [0.2, 0.25) is 10.0 Å². The smallest absolute Gasteiger partial charge is 0.229 e. The maximum Gasteiger partial charge on any atom is 0.229 e. The Hall–Kier alpha value is -3.52.